The fraction of sp³-hybridized carbons (Fsp3) is 0.316. The van der Waals surface area contributed by atoms with Crippen LogP contribution in [-0.4, -0.2) is 28.6 Å². The van der Waals surface area contributed by atoms with Gasteiger partial charge < -0.3 is 14.8 Å². The molecular weight excluding hydrogens is 338 g/mol. The van der Waals surface area contributed by atoms with Gasteiger partial charge in [0.05, 0.1) is 0 Å². The molecule has 0 saturated heterocycles. The summed E-state index contributed by atoms with van der Waals surface area (Å²) in [6.45, 7) is 4.69. The van der Waals surface area contributed by atoms with Crippen LogP contribution < -0.4 is 14.8 Å². The van der Waals surface area contributed by atoms with Crippen LogP contribution in [0.2, 0.25) is 0 Å². The largest absolute Gasteiger partial charge is 0.486 e. The number of ether oxygens (including phenoxy) is 2. The number of amides is 1. The zero-order valence-electron chi connectivity index (χ0n) is 14.3. The van der Waals surface area contributed by atoms with Gasteiger partial charge in [-0.2, -0.15) is 0 Å². The molecule has 1 aliphatic rings. The number of hydrogen-bond donors (Lipinski definition) is 1. The van der Waals surface area contributed by atoms with Crippen molar-refractivity contribution in [3.63, 3.8) is 0 Å². The Labute approximate surface area is 149 Å². The average Bonchev–Trinajstić information content (AvgIpc) is 2.62. The molecule has 132 valence electrons. The van der Waals surface area contributed by atoms with Gasteiger partial charge >= 0.3 is 0 Å². The predicted octanol–water partition coefficient (Wildman–Crippen LogP) is 3.04. The first-order chi connectivity index (χ1) is 12.0. The summed E-state index contributed by atoms with van der Waals surface area (Å²) in [5.41, 5.74) is 2.72. The summed E-state index contributed by atoms with van der Waals surface area (Å²) in [6, 6.07) is 13.1. The van der Waals surface area contributed by atoms with Crippen molar-refractivity contribution >= 4 is 22.4 Å². The lowest BCUT2D eigenvalue weighted by Crippen LogP contribution is -2.29. The number of rotatable bonds is 5. The third-order valence-electron chi connectivity index (χ3n) is 4.00. The number of hydrogen-bond acceptors (Lipinski definition) is 4. The lowest BCUT2D eigenvalue weighted by Gasteiger charge is -2.19. The van der Waals surface area contributed by atoms with Crippen molar-refractivity contribution in [2.45, 2.75) is 24.9 Å². The second-order valence-corrected chi connectivity index (χ2v) is 7.76. The van der Waals surface area contributed by atoms with Crippen LogP contribution >= 0.6 is 0 Å². The molecule has 1 aliphatic heterocycles. The maximum atomic E-state index is 12.5. The third kappa shape index (κ3) is 4.39. The number of anilines is 1. The summed E-state index contributed by atoms with van der Waals surface area (Å²) < 4.78 is 23.4. The summed E-state index contributed by atoms with van der Waals surface area (Å²) in [7, 11) is -1.30. The summed E-state index contributed by atoms with van der Waals surface area (Å²) in [5.74, 6) is 1.36. The van der Waals surface area contributed by atoms with Crippen molar-refractivity contribution in [3.05, 3.63) is 53.6 Å². The smallest absolute Gasteiger partial charge is 0.239 e. The highest BCUT2D eigenvalue weighted by molar-refractivity contribution is 7.85. The molecule has 1 amide bonds. The van der Waals surface area contributed by atoms with Crippen LogP contribution in [0.4, 0.5) is 5.69 Å². The minimum Gasteiger partial charge on any atom is -0.486 e. The zero-order valence-corrected chi connectivity index (χ0v) is 15.1. The van der Waals surface area contributed by atoms with Gasteiger partial charge in [-0.25, -0.2) is 0 Å². The van der Waals surface area contributed by atoms with Crippen LogP contribution in [0.3, 0.4) is 0 Å². The molecule has 2 aromatic rings. The fourth-order valence-corrected chi connectivity index (χ4v) is 3.53. The highest BCUT2D eigenvalue weighted by Gasteiger charge is 2.21. The lowest BCUT2D eigenvalue weighted by atomic mass is 10.2. The Bertz CT molecular complexity index is 789. The highest BCUT2D eigenvalue weighted by atomic mass is 32.2. The van der Waals surface area contributed by atoms with E-state index >= 15 is 0 Å². The van der Waals surface area contributed by atoms with E-state index in [0.29, 0.717) is 36.2 Å². The SMILES string of the molecule is Cc1ccc(C[S@](=O)[C@@H](C)C(=O)Nc2ccc3c(c2)OCCO3)cc1. The fourth-order valence-electron chi connectivity index (χ4n) is 2.46. The molecule has 0 aliphatic carbocycles. The lowest BCUT2D eigenvalue weighted by molar-refractivity contribution is -0.115. The predicted molar refractivity (Wildman–Crippen MR) is 98.5 cm³/mol. The van der Waals surface area contributed by atoms with Gasteiger partial charge in [0.25, 0.3) is 0 Å². The molecule has 0 aromatic heterocycles. The number of fused-ring (bicyclic) bond motifs is 1. The first kappa shape index (κ1) is 17.5. The Kier molecular flexibility index (Phi) is 5.38. The molecule has 5 nitrogen and oxygen atoms in total. The Balaban J connectivity index is 1.62. The summed E-state index contributed by atoms with van der Waals surface area (Å²) in [4.78, 5) is 12.4. The van der Waals surface area contributed by atoms with Crippen molar-refractivity contribution < 1.29 is 18.5 Å². The van der Waals surface area contributed by atoms with Gasteiger partial charge in [-0.05, 0) is 31.5 Å². The number of benzene rings is 2. The van der Waals surface area contributed by atoms with E-state index in [0.717, 1.165) is 11.1 Å². The number of carbonyl (C=O) groups is 1. The Hall–Kier alpha value is -2.34. The number of carbonyl (C=O) groups excluding carboxylic acids is 1. The van der Waals surface area contributed by atoms with Gasteiger partial charge in [0, 0.05) is 28.3 Å². The van der Waals surface area contributed by atoms with Crippen molar-refractivity contribution in [1.29, 1.82) is 0 Å². The maximum absolute atomic E-state index is 12.5. The zero-order chi connectivity index (χ0) is 17.8. The topological polar surface area (TPSA) is 64.6 Å². The van der Waals surface area contributed by atoms with Gasteiger partial charge in [0.1, 0.15) is 18.5 Å². The Morgan fingerprint density at radius 2 is 1.80 bits per heavy atom. The van der Waals surface area contributed by atoms with E-state index in [1.165, 1.54) is 0 Å². The quantitative estimate of drug-likeness (QED) is 0.891. The standard InChI is InChI=1S/C19H21NO4S/c1-13-3-5-15(6-4-13)12-25(22)14(2)19(21)20-16-7-8-17-18(11-16)24-10-9-23-17/h3-8,11,14H,9-10,12H2,1-2H3,(H,20,21)/t14-,25-/m0/s1. The Morgan fingerprint density at radius 3 is 2.52 bits per heavy atom. The van der Waals surface area contributed by atoms with Gasteiger partial charge in [0.15, 0.2) is 11.5 Å². The Morgan fingerprint density at radius 1 is 1.12 bits per heavy atom. The molecule has 6 heteroatoms. The second-order valence-electron chi connectivity index (χ2n) is 6.00. The van der Waals surface area contributed by atoms with Crippen LogP contribution in [0, 0.1) is 6.92 Å². The van der Waals surface area contributed by atoms with Crippen molar-refractivity contribution in [2.24, 2.45) is 0 Å². The molecule has 3 rings (SSSR count). The van der Waals surface area contributed by atoms with Crippen molar-refractivity contribution in [1.82, 2.24) is 0 Å². The van der Waals surface area contributed by atoms with E-state index in [2.05, 4.69) is 5.32 Å². The van der Waals surface area contributed by atoms with Gasteiger partial charge in [-0.1, -0.05) is 29.8 Å². The van der Waals surface area contributed by atoms with Gasteiger partial charge in [-0.15, -0.1) is 0 Å². The van der Waals surface area contributed by atoms with E-state index in [1.807, 2.05) is 31.2 Å². The van der Waals surface area contributed by atoms with Crippen LogP contribution in [0.15, 0.2) is 42.5 Å². The number of aryl methyl sites for hydroxylation is 1. The van der Waals surface area contributed by atoms with Gasteiger partial charge in [0.2, 0.25) is 5.91 Å². The summed E-state index contributed by atoms with van der Waals surface area (Å²) in [6.07, 6.45) is 0. The molecule has 0 fully saturated rings. The van der Waals surface area contributed by atoms with Crippen LogP contribution in [0.25, 0.3) is 0 Å². The third-order valence-corrected chi connectivity index (χ3v) is 5.62. The minimum atomic E-state index is -1.30. The second kappa shape index (κ2) is 7.70. The molecule has 0 radical (unpaired) electrons. The molecule has 2 aromatic carbocycles. The van der Waals surface area contributed by atoms with E-state index < -0.39 is 16.0 Å². The average molecular weight is 359 g/mol. The molecule has 0 saturated carbocycles. The van der Waals surface area contributed by atoms with Crippen molar-refractivity contribution in [3.8, 4) is 11.5 Å². The molecular formula is C19H21NO4S. The van der Waals surface area contributed by atoms with Crippen LogP contribution in [-0.2, 0) is 21.3 Å². The molecule has 0 unspecified atom stereocenters. The van der Waals surface area contributed by atoms with E-state index in [9.17, 15) is 9.00 Å². The summed E-state index contributed by atoms with van der Waals surface area (Å²) >= 11 is 0. The first-order valence-corrected chi connectivity index (χ1v) is 9.54. The molecule has 1 N–H and O–H groups in total. The molecule has 2 atom stereocenters. The maximum Gasteiger partial charge on any atom is 0.239 e. The van der Waals surface area contributed by atoms with E-state index in [-0.39, 0.29) is 5.91 Å². The molecule has 25 heavy (non-hydrogen) atoms. The van der Waals surface area contributed by atoms with Crippen LogP contribution in [0.1, 0.15) is 18.1 Å². The van der Waals surface area contributed by atoms with E-state index in [1.54, 1.807) is 25.1 Å². The number of nitrogens with one attached hydrogen (secondary N) is 1. The van der Waals surface area contributed by atoms with Crippen molar-refractivity contribution in [2.75, 3.05) is 18.5 Å². The molecule has 0 spiro atoms. The normalized spacial score (nSPS) is 15.3. The summed E-state index contributed by atoms with van der Waals surface area (Å²) in [5, 5.41) is 2.18. The van der Waals surface area contributed by atoms with Gasteiger partial charge in [-0.3, -0.25) is 9.00 Å². The monoisotopic (exact) mass is 359 g/mol. The molecule has 1 heterocycles. The minimum absolute atomic E-state index is 0.276. The van der Waals surface area contributed by atoms with E-state index in [4.69, 9.17) is 9.47 Å². The first-order valence-electron chi connectivity index (χ1n) is 8.16. The van der Waals surface area contributed by atoms with Crippen LogP contribution in [0.5, 0.6) is 11.5 Å². The molecule has 0 bridgehead atoms. The highest BCUT2D eigenvalue weighted by Crippen LogP contribution is 2.32.